The van der Waals surface area contributed by atoms with Crippen LogP contribution >= 0.6 is 11.3 Å². The quantitative estimate of drug-likeness (QED) is 0.644. The summed E-state index contributed by atoms with van der Waals surface area (Å²) in [6, 6.07) is 7.45. The molecule has 0 spiro atoms. The SMILES string of the molecule is Cc1cccc(N(C)S(=O)(=O)c2c(C)sc(C)c2-c2onc(C)c2C)c1. The second-order valence-electron chi connectivity index (χ2n) is 6.45. The second kappa shape index (κ2) is 6.55. The van der Waals surface area contributed by atoms with Gasteiger partial charge in [-0.15, -0.1) is 11.3 Å². The van der Waals surface area contributed by atoms with Crippen LogP contribution < -0.4 is 4.31 Å². The molecule has 7 heteroatoms. The first kappa shape index (κ1) is 18.7. The van der Waals surface area contributed by atoms with Gasteiger partial charge in [0.1, 0.15) is 4.90 Å². The van der Waals surface area contributed by atoms with E-state index in [-0.39, 0.29) is 0 Å². The zero-order valence-corrected chi connectivity index (χ0v) is 17.4. The molecular weight excluding hydrogens is 368 g/mol. The Hall–Kier alpha value is -2.12. The molecule has 2 aromatic heterocycles. The Morgan fingerprint density at radius 1 is 1.08 bits per heavy atom. The van der Waals surface area contributed by atoms with Crippen molar-refractivity contribution in [2.24, 2.45) is 0 Å². The van der Waals surface area contributed by atoms with Gasteiger partial charge in [-0.25, -0.2) is 8.42 Å². The molecule has 0 aliphatic heterocycles. The zero-order valence-electron chi connectivity index (χ0n) is 15.7. The maximum Gasteiger partial charge on any atom is 0.265 e. The van der Waals surface area contributed by atoms with Crippen molar-refractivity contribution in [2.75, 3.05) is 11.4 Å². The monoisotopic (exact) mass is 390 g/mol. The van der Waals surface area contributed by atoms with Crippen LogP contribution in [0.2, 0.25) is 0 Å². The van der Waals surface area contributed by atoms with Gasteiger partial charge in [0, 0.05) is 22.4 Å². The van der Waals surface area contributed by atoms with Crippen molar-refractivity contribution in [3.63, 3.8) is 0 Å². The molecule has 0 saturated heterocycles. The molecule has 0 radical (unpaired) electrons. The first-order chi connectivity index (χ1) is 12.1. The number of sulfonamides is 1. The number of benzene rings is 1. The van der Waals surface area contributed by atoms with Gasteiger partial charge in [0.25, 0.3) is 10.0 Å². The maximum absolute atomic E-state index is 13.5. The molecule has 0 atom stereocenters. The van der Waals surface area contributed by atoms with Crippen molar-refractivity contribution < 1.29 is 12.9 Å². The number of hydrogen-bond acceptors (Lipinski definition) is 5. The molecule has 3 aromatic rings. The fraction of sp³-hybridized carbons (Fsp3) is 0.316. The fourth-order valence-electron chi connectivity index (χ4n) is 2.98. The van der Waals surface area contributed by atoms with Crippen molar-refractivity contribution >= 4 is 27.0 Å². The van der Waals surface area contributed by atoms with E-state index in [1.807, 2.05) is 52.8 Å². The van der Waals surface area contributed by atoms with E-state index >= 15 is 0 Å². The molecule has 0 N–H and O–H groups in total. The topological polar surface area (TPSA) is 63.4 Å². The van der Waals surface area contributed by atoms with Crippen molar-refractivity contribution in [3.05, 3.63) is 50.8 Å². The highest BCUT2D eigenvalue weighted by Gasteiger charge is 2.32. The predicted molar refractivity (Wildman–Crippen MR) is 106 cm³/mol. The Balaban J connectivity index is 2.22. The van der Waals surface area contributed by atoms with Gasteiger partial charge in [0.15, 0.2) is 5.76 Å². The van der Waals surface area contributed by atoms with Gasteiger partial charge in [0.2, 0.25) is 0 Å². The summed E-state index contributed by atoms with van der Waals surface area (Å²) < 4.78 is 33.7. The number of anilines is 1. The number of aromatic nitrogens is 1. The molecule has 26 heavy (non-hydrogen) atoms. The van der Waals surface area contributed by atoms with E-state index in [1.165, 1.54) is 15.6 Å². The van der Waals surface area contributed by atoms with Gasteiger partial charge in [0.05, 0.1) is 16.9 Å². The first-order valence-electron chi connectivity index (χ1n) is 8.23. The minimum Gasteiger partial charge on any atom is -0.356 e. The van der Waals surface area contributed by atoms with E-state index in [9.17, 15) is 8.42 Å². The molecule has 0 aliphatic carbocycles. The molecule has 0 aliphatic rings. The van der Waals surface area contributed by atoms with Crippen LogP contribution in [0.25, 0.3) is 11.3 Å². The summed E-state index contributed by atoms with van der Waals surface area (Å²) in [5.41, 5.74) is 3.87. The van der Waals surface area contributed by atoms with Gasteiger partial charge in [-0.05, 0) is 52.3 Å². The van der Waals surface area contributed by atoms with Crippen molar-refractivity contribution in [3.8, 4) is 11.3 Å². The largest absolute Gasteiger partial charge is 0.356 e. The van der Waals surface area contributed by atoms with Gasteiger partial charge in [-0.3, -0.25) is 4.31 Å². The van der Waals surface area contributed by atoms with E-state index in [0.29, 0.717) is 21.9 Å². The minimum absolute atomic E-state index is 0.295. The lowest BCUT2D eigenvalue weighted by Crippen LogP contribution is -2.27. The average molecular weight is 391 g/mol. The molecule has 0 unspecified atom stereocenters. The lowest BCUT2D eigenvalue weighted by molar-refractivity contribution is 0.426. The molecule has 0 saturated carbocycles. The zero-order chi connectivity index (χ0) is 19.2. The standard InChI is InChI=1S/C19H22N2O3S2/c1-11-8-7-9-16(10-11)21(6)26(22,23)19-15(5)25-14(4)17(19)18-12(2)13(3)20-24-18/h7-10H,1-6H3. The Labute approximate surface area is 158 Å². The Kier molecular flexibility index (Phi) is 4.71. The second-order valence-corrected chi connectivity index (χ2v) is 9.79. The Morgan fingerprint density at radius 3 is 2.35 bits per heavy atom. The molecule has 138 valence electrons. The highest BCUT2D eigenvalue weighted by molar-refractivity contribution is 7.93. The summed E-state index contributed by atoms with van der Waals surface area (Å²) in [5.74, 6) is 0.528. The number of hydrogen-bond donors (Lipinski definition) is 0. The Morgan fingerprint density at radius 2 is 1.77 bits per heavy atom. The Bertz CT molecular complexity index is 1080. The molecule has 5 nitrogen and oxygen atoms in total. The van der Waals surface area contributed by atoms with Crippen LogP contribution in [0.5, 0.6) is 0 Å². The van der Waals surface area contributed by atoms with Gasteiger partial charge in [-0.1, -0.05) is 17.3 Å². The van der Waals surface area contributed by atoms with Crippen LogP contribution in [0.3, 0.4) is 0 Å². The number of rotatable bonds is 4. The molecule has 1 aromatic carbocycles. The lowest BCUT2D eigenvalue weighted by atomic mass is 10.1. The number of aryl methyl sites for hydroxylation is 4. The van der Waals surface area contributed by atoms with Crippen LogP contribution in [-0.2, 0) is 10.0 Å². The summed E-state index contributed by atoms with van der Waals surface area (Å²) in [6.07, 6.45) is 0. The number of nitrogens with zero attached hydrogens (tertiary/aromatic N) is 2. The van der Waals surface area contributed by atoms with Crippen molar-refractivity contribution in [1.29, 1.82) is 0 Å². The third-order valence-corrected chi connectivity index (χ3v) is 7.68. The average Bonchev–Trinajstić information content (AvgIpc) is 3.05. The summed E-state index contributed by atoms with van der Waals surface area (Å²) in [6.45, 7) is 9.43. The normalized spacial score (nSPS) is 11.8. The minimum atomic E-state index is -3.75. The van der Waals surface area contributed by atoms with Crippen LogP contribution in [0.4, 0.5) is 5.69 Å². The molecule has 0 amide bonds. The summed E-state index contributed by atoms with van der Waals surface area (Å²) in [4.78, 5) is 1.94. The van der Waals surface area contributed by atoms with E-state index in [2.05, 4.69) is 5.16 Å². The molecule has 0 bridgehead atoms. The third-order valence-electron chi connectivity index (χ3n) is 4.57. The lowest BCUT2D eigenvalue weighted by Gasteiger charge is -2.21. The van der Waals surface area contributed by atoms with E-state index in [0.717, 1.165) is 26.6 Å². The third kappa shape index (κ3) is 2.95. The molecular formula is C19H22N2O3S2. The van der Waals surface area contributed by atoms with Crippen LogP contribution in [-0.4, -0.2) is 20.6 Å². The maximum atomic E-state index is 13.5. The molecule has 2 heterocycles. The molecule has 3 rings (SSSR count). The van der Waals surface area contributed by atoms with Crippen LogP contribution in [0.1, 0.15) is 26.6 Å². The first-order valence-corrected chi connectivity index (χ1v) is 10.5. The van der Waals surface area contributed by atoms with Crippen molar-refractivity contribution in [2.45, 2.75) is 39.5 Å². The molecule has 0 fully saturated rings. The summed E-state index contributed by atoms with van der Waals surface area (Å²) in [5, 5.41) is 4.00. The van der Waals surface area contributed by atoms with E-state index in [1.54, 1.807) is 13.1 Å². The van der Waals surface area contributed by atoms with E-state index < -0.39 is 10.0 Å². The smallest absolute Gasteiger partial charge is 0.265 e. The van der Waals surface area contributed by atoms with Crippen molar-refractivity contribution in [1.82, 2.24) is 5.16 Å². The van der Waals surface area contributed by atoms with Gasteiger partial charge in [-0.2, -0.15) is 0 Å². The predicted octanol–water partition coefficient (Wildman–Crippen LogP) is 4.77. The fourth-order valence-corrected chi connectivity index (χ4v) is 5.97. The highest BCUT2D eigenvalue weighted by atomic mass is 32.2. The number of thiophene rings is 1. The highest BCUT2D eigenvalue weighted by Crippen LogP contribution is 2.42. The van der Waals surface area contributed by atoms with Gasteiger partial charge < -0.3 is 4.52 Å². The summed E-state index contributed by atoms with van der Waals surface area (Å²) >= 11 is 1.46. The van der Waals surface area contributed by atoms with E-state index in [4.69, 9.17) is 4.52 Å². The van der Waals surface area contributed by atoms with Crippen LogP contribution in [0, 0.1) is 34.6 Å². The van der Waals surface area contributed by atoms with Gasteiger partial charge >= 0.3 is 0 Å². The summed E-state index contributed by atoms with van der Waals surface area (Å²) in [7, 11) is -2.17. The van der Waals surface area contributed by atoms with Crippen LogP contribution in [0.15, 0.2) is 33.7 Å².